The zero-order valence-corrected chi connectivity index (χ0v) is 15.9. The Morgan fingerprint density at radius 1 is 1.14 bits per heavy atom. The van der Waals surface area contributed by atoms with Crippen molar-refractivity contribution in [1.82, 2.24) is 10.6 Å². The van der Waals surface area contributed by atoms with Gasteiger partial charge in [0.15, 0.2) is 6.10 Å². The number of fused-ring (bicyclic) bond motifs is 3. The van der Waals surface area contributed by atoms with E-state index in [1.807, 2.05) is 6.07 Å². The third kappa shape index (κ3) is 4.92. The highest BCUT2D eigenvalue weighted by Gasteiger charge is 2.20. The summed E-state index contributed by atoms with van der Waals surface area (Å²) in [6, 6.07) is 5.11. The molecule has 29 heavy (non-hydrogen) atoms. The lowest BCUT2D eigenvalue weighted by Crippen LogP contribution is -2.43. The van der Waals surface area contributed by atoms with Gasteiger partial charge in [0.2, 0.25) is 5.91 Å². The summed E-state index contributed by atoms with van der Waals surface area (Å²) in [6.45, 7) is 0.628. The molecule has 3 rings (SSSR count). The van der Waals surface area contributed by atoms with Crippen molar-refractivity contribution < 1.29 is 28.6 Å². The summed E-state index contributed by atoms with van der Waals surface area (Å²) in [7, 11) is 0. The van der Waals surface area contributed by atoms with E-state index in [9.17, 15) is 19.2 Å². The second-order valence-electron chi connectivity index (χ2n) is 6.86. The lowest BCUT2D eigenvalue weighted by Gasteiger charge is -2.17. The molecule has 2 amide bonds. The number of carboxylic acids is 1. The predicted molar refractivity (Wildman–Crippen MR) is 103 cm³/mol. The fraction of sp³-hybridized carbons (Fsp3) is 0.400. The normalized spacial score (nSPS) is 14.0. The van der Waals surface area contributed by atoms with Crippen LogP contribution in [-0.4, -0.2) is 42.1 Å². The van der Waals surface area contributed by atoms with E-state index in [2.05, 4.69) is 10.6 Å². The highest BCUT2D eigenvalue weighted by molar-refractivity contribution is 5.88. The quantitative estimate of drug-likeness (QED) is 0.582. The van der Waals surface area contributed by atoms with Crippen molar-refractivity contribution in [2.75, 3.05) is 13.1 Å². The van der Waals surface area contributed by atoms with Gasteiger partial charge in [0.1, 0.15) is 17.9 Å². The van der Waals surface area contributed by atoms with Crippen LogP contribution in [0.15, 0.2) is 27.4 Å². The third-order valence-corrected chi connectivity index (χ3v) is 4.74. The molecular weight excluding hydrogens is 380 g/mol. The number of hydrogen-bond donors (Lipinski definition) is 3. The summed E-state index contributed by atoms with van der Waals surface area (Å²) in [5.41, 5.74) is 1.84. The SMILES string of the molecule is C[C@H](Oc1ccc2c3c(c(=O)oc2c1)CCCC3)C(=O)NCC(=O)NCC(=O)O. The number of carbonyl (C=O) groups excluding carboxylic acids is 2. The van der Waals surface area contributed by atoms with Gasteiger partial charge in [-0.1, -0.05) is 0 Å². The molecule has 1 aliphatic carbocycles. The third-order valence-electron chi connectivity index (χ3n) is 4.74. The highest BCUT2D eigenvalue weighted by atomic mass is 16.5. The zero-order chi connectivity index (χ0) is 21.0. The first kappa shape index (κ1) is 20.4. The van der Waals surface area contributed by atoms with E-state index in [0.29, 0.717) is 11.3 Å². The minimum Gasteiger partial charge on any atom is -0.481 e. The number of ether oxygens (including phenoxy) is 1. The molecule has 1 heterocycles. The average Bonchev–Trinajstić information content (AvgIpc) is 2.70. The van der Waals surface area contributed by atoms with Crippen molar-refractivity contribution in [3.05, 3.63) is 39.7 Å². The summed E-state index contributed by atoms with van der Waals surface area (Å²) in [5.74, 6) is -1.98. The van der Waals surface area contributed by atoms with Gasteiger partial charge in [-0.15, -0.1) is 0 Å². The van der Waals surface area contributed by atoms with Gasteiger partial charge < -0.3 is 24.9 Å². The standard InChI is InChI=1S/C20H22N2O7/c1-11(19(26)22-9-17(23)21-10-18(24)25)28-12-6-7-14-13-4-2-3-5-15(13)20(27)29-16(14)8-12/h6-8,11H,2-5,9-10H2,1H3,(H,21,23)(H,22,26)(H,24,25)/t11-/m0/s1. The molecule has 9 heteroatoms. The van der Waals surface area contributed by atoms with Crippen LogP contribution in [-0.2, 0) is 27.2 Å². The van der Waals surface area contributed by atoms with Gasteiger partial charge in [0.25, 0.3) is 5.91 Å². The molecule has 0 saturated heterocycles. The van der Waals surface area contributed by atoms with Crippen LogP contribution in [0, 0.1) is 0 Å². The Morgan fingerprint density at radius 3 is 2.59 bits per heavy atom. The molecule has 0 unspecified atom stereocenters. The minimum absolute atomic E-state index is 0.331. The molecule has 0 radical (unpaired) electrons. The fourth-order valence-corrected chi connectivity index (χ4v) is 3.30. The Hall–Kier alpha value is -3.36. The molecule has 1 aliphatic rings. The molecule has 2 aromatic rings. The monoisotopic (exact) mass is 402 g/mol. The number of benzene rings is 1. The fourth-order valence-electron chi connectivity index (χ4n) is 3.30. The predicted octanol–water partition coefficient (Wildman–Crippen LogP) is 0.756. The Balaban J connectivity index is 1.65. The van der Waals surface area contributed by atoms with E-state index >= 15 is 0 Å². The Labute approximate surface area is 166 Å². The minimum atomic E-state index is -1.18. The smallest absolute Gasteiger partial charge is 0.339 e. The zero-order valence-electron chi connectivity index (χ0n) is 15.9. The van der Waals surface area contributed by atoms with Gasteiger partial charge in [0, 0.05) is 17.0 Å². The Kier molecular flexibility index (Phi) is 6.16. The Bertz CT molecular complexity index is 1010. The molecule has 154 valence electrons. The van der Waals surface area contributed by atoms with Gasteiger partial charge >= 0.3 is 11.6 Å². The number of carbonyl (C=O) groups is 3. The molecule has 0 aliphatic heterocycles. The molecule has 1 aromatic carbocycles. The number of aryl methyl sites for hydroxylation is 1. The second-order valence-corrected chi connectivity index (χ2v) is 6.86. The summed E-state index contributed by atoms with van der Waals surface area (Å²) in [4.78, 5) is 46.2. The van der Waals surface area contributed by atoms with Gasteiger partial charge in [-0.3, -0.25) is 14.4 Å². The van der Waals surface area contributed by atoms with Crippen LogP contribution in [0.5, 0.6) is 5.75 Å². The number of carboxylic acid groups (broad SMARTS) is 1. The van der Waals surface area contributed by atoms with Crippen molar-refractivity contribution in [2.24, 2.45) is 0 Å². The first-order valence-corrected chi connectivity index (χ1v) is 9.36. The van der Waals surface area contributed by atoms with Crippen molar-refractivity contribution in [2.45, 2.75) is 38.7 Å². The molecule has 3 N–H and O–H groups in total. The van der Waals surface area contributed by atoms with Crippen LogP contribution >= 0.6 is 0 Å². The largest absolute Gasteiger partial charge is 0.481 e. The number of hydrogen-bond acceptors (Lipinski definition) is 6. The van der Waals surface area contributed by atoms with Gasteiger partial charge in [-0.25, -0.2) is 4.79 Å². The van der Waals surface area contributed by atoms with Crippen LogP contribution in [0.25, 0.3) is 11.0 Å². The van der Waals surface area contributed by atoms with Crippen molar-refractivity contribution in [3.8, 4) is 5.75 Å². The summed E-state index contributed by atoms with van der Waals surface area (Å²) >= 11 is 0. The van der Waals surface area contributed by atoms with Gasteiger partial charge in [0.05, 0.1) is 6.54 Å². The number of amides is 2. The number of aliphatic carboxylic acids is 1. The maximum Gasteiger partial charge on any atom is 0.339 e. The molecule has 9 nitrogen and oxygen atoms in total. The Morgan fingerprint density at radius 2 is 1.86 bits per heavy atom. The van der Waals surface area contributed by atoms with E-state index in [-0.39, 0.29) is 12.2 Å². The first-order chi connectivity index (χ1) is 13.8. The average molecular weight is 402 g/mol. The number of nitrogens with one attached hydrogen (secondary N) is 2. The summed E-state index contributed by atoms with van der Waals surface area (Å²) < 4.78 is 11.0. The maximum atomic E-state index is 12.2. The molecule has 1 atom stereocenters. The summed E-state index contributed by atoms with van der Waals surface area (Å²) in [6.07, 6.45) is 2.65. The van der Waals surface area contributed by atoms with E-state index in [0.717, 1.165) is 42.2 Å². The second kappa shape index (κ2) is 8.76. The molecule has 0 saturated carbocycles. The first-order valence-electron chi connectivity index (χ1n) is 9.36. The number of rotatable bonds is 7. The molecule has 0 spiro atoms. The summed E-state index contributed by atoms with van der Waals surface area (Å²) in [5, 5.41) is 13.9. The van der Waals surface area contributed by atoms with Crippen molar-refractivity contribution in [3.63, 3.8) is 0 Å². The van der Waals surface area contributed by atoms with E-state index in [1.54, 1.807) is 12.1 Å². The van der Waals surface area contributed by atoms with E-state index in [1.165, 1.54) is 6.92 Å². The molecular formula is C20H22N2O7. The van der Waals surface area contributed by atoms with Crippen LogP contribution in [0.4, 0.5) is 0 Å². The van der Waals surface area contributed by atoms with Crippen LogP contribution in [0.2, 0.25) is 0 Å². The van der Waals surface area contributed by atoms with E-state index < -0.39 is 30.4 Å². The lowest BCUT2D eigenvalue weighted by atomic mass is 9.91. The van der Waals surface area contributed by atoms with Crippen molar-refractivity contribution >= 4 is 28.8 Å². The molecule has 1 aromatic heterocycles. The van der Waals surface area contributed by atoms with Crippen LogP contribution < -0.4 is 21.0 Å². The molecule has 0 bridgehead atoms. The highest BCUT2D eigenvalue weighted by Crippen LogP contribution is 2.29. The lowest BCUT2D eigenvalue weighted by molar-refractivity contribution is -0.137. The molecule has 0 fully saturated rings. The topological polar surface area (TPSA) is 135 Å². The van der Waals surface area contributed by atoms with E-state index in [4.69, 9.17) is 14.3 Å². The maximum absolute atomic E-state index is 12.2. The van der Waals surface area contributed by atoms with Crippen LogP contribution in [0.3, 0.4) is 0 Å². The van der Waals surface area contributed by atoms with Gasteiger partial charge in [-0.2, -0.15) is 0 Å². The van der Waals surface area contributed by atoms with Crippen molar-refractivity contribution in [1.29, 1.82) is 0 Å². The van der Waals surface area contributed by atoms with Gasteiger partial charge in [-0.05, 0) is 50.3 Å². The van der Waals surface area contributed by atoms with Crippen LogP contribution in [0.1, 0.15) is 30.9 Å².